The molecule has 0 N–H and O–H groups in total. The van der Waals surface area contributed by atoms with Crippen molar-refractivity contribution in [1.82, 2.24) is 9.80 Å². The fourth-order valence-corrected chi connectivity index (χ4v) is 2.81. The molecule has 3 heteroatoms. The van der Waals surface area contributed by atoms with Crippen LogP contribution >= 0.6 is 0 Å². The van der Waals surface area contributed by atoms with E-state index in [-0.39, 0.29) is 0 Å². The van der Waals surface area contributed by atoms with Gasteiger partial charge in [0.1, 0.15) is 0 Å². The molecule has 1 unspecified atom stereocenters. The summed E-state index contributed by atoms with van der Waals surface area (Å²) in [6, 6.07) is 0.660. The predicted octanol–water partition coefficient (Wildman–Crippen LogP) is 1.48. The molecule has 2 saturated heterocycles. The molecule has 0 radical (unpaired) electrons. The van der Waals surface area contributed by atoms with Gasteiger partial charge in [-0.15, -0.1) is 0 Å². The van der Waals surface area contributed by atoms with E-state index >= 15 is 0 Å². The number of nitrogens with zero attached hydrogens (tertiary/aromatic N) is 2. The van der Waals surface area contributed by atoms with Gasteiger partial charge in [0.15, 0.2) is 0 Å². The Bertz CT molecular complexity index is 230. The molecule has 2 aliphatic heterocycles. The molecule has 0 spiro atoms. The van der Waals surface area contributed by atoms with Crippen LogP contribution in [0.15, 0.2) is 0 Å². The van der Waals surface area contributed by atoms with Gasteiger partial charge in [0.25, 0.3) is 0 Å². The Morgan fingerprint density at radius 2 is 2.07 bits per heavy atom. The monoisotopic (exact) mass is 210 g/mol. The number of hydrogen-bond donors (Lipinski definition) is 0. The van der Waals surface area contributed by atoms with Gasteiger partial charge in [0.05, 0.1) is 0 Å². The van der Waals surface area contributed by atoms with Crippen molar-refractivity contribution in [3.8, 4) is 0 Å². The van der Waals surface area contributed by atoms with Gasteiger partial charge in [-0.3, -0.25) is 9.69 Å². The molecule has 86 valence electrons. The van der Waals surface area contributed by atoms with Crippen molar-refractivity contribution >= 4 is 5.91 Å². The van der Waals surface area contributed by atoms with E-state index in [0.29, 0.717) is 11.9 Å². The quantitative estimate of drug-likeness (QED) is 0.689. The zero-order chi connectivity index (χ0) is 10.7. The third kappa shape index (κ3) is 2.51. The highest BCUT2D eigenvalue weighted by molar-refractivity contribution is 5.76. The van der Waals surface area contributed by atoms with Gasteiger partial charge in [0.2, 0.25) is 5.91 Å². The largest absolute Gasteiger partial charge is 0.341 e. The Morgan fingerprint density at radius 1 is 1.27 bits per heavy atom. The second-order valence-electron chi connectivity index (χ2n) is 4.78. The van der Waals surface area contributed by atoms with Crippen molar-refractivity contribution in [2.45, 2.75) is 45.1 Å². The molecule has 2 aliphatic rings. The summed E-state index contributed by atoms with van der Waals surface area (Å²) in [5.74, 6) is 0.367. The second-order valence-corrected chi connectivity index (χ2v) is 4.78. The summed E-state index contributed by atoms with van der Waals surface area (Å²) in [5, 5.41) is 0. The van der Waals surface area contributed by atoms with Crippen LogP contribution in [0.1, 0.15) is 39.0 Å². The van der Waals surface area contributed by atoms with Crippen molar-refractivity contribution in [2.75, 3.05) is 26.2 Å². The van der Waals surface area contributed by atoms with Crippen LogP contribution in [0, 0.1) is 0 Å². The highest BCUT2D eigenvalue weighted by atomic mass is 16.2. The molecule has 0 aromatic heterocycles. The van der Waals surface area contributed by atoms with Crippen molar-refractivity contribution in [1.29, 1.82) is 0 Å². The van der Waals surface area contributed by atoms with E-state index in [4.69, 9.17) is 0 Å². The molecule has 1 amide bonds. The maximum absolute atomic E-state index is 11.8. The van der Waals surface area contributed by atoms with Crippen LogP contribution in [0.2, 0.25) is 0 Å². The maximum Gasteiger partial charge on any atom is 0.222 e. The zero-order valence-electron chi connectivity index (χ0n) is 9.74. The van der Waals surface area contributed by atoms with Crippen LogP contribution in [0.3, 0.4) is 0 Å². The van der Waals surface area contributed by atoms with Crippen LogP contribution in [-0.4, -0.2) is 47.9 Å². The molecule has 0 bridgehead atoms. The highest BCUT2D eigenvalue weighted by Crippen LogP contribution is 2.21. The lowest BCUT2D eigenvalue weighted by Crippen LogP contribution is -2.39. The molecule has 15 heavy (non-hydrogen) atoms. The lowest BCUT2D eigenvalue weighted by atomic mass is 10.2. The van der Waals surface area contributed by atoms with Gasteiger partial charge in [-0.25, -0.2) is 0 Å². The molecule has 1 atom stereocenters. The van der Waals surface area contributed by atoms with Gasteiger partial charge in [-0.05, 0) is 32.2 Å². The van der Waals surface area contributed by atoms with Crippen LogP contribution in [0.5, 0.6) is 0 Å². The molecular weight excluding hydrogens is 188 g/mol. The second kappa shape index (κ2) is 4.97. The van der Waals surface area contributed by atoms with Crippen LogP contribution in [0.25, 0.3) is 0 Å². The van der Waals surface area contributed by atoms with E-state index in [1.807, 2.05) is 0 Å². The lowest BCUT2D eigenvalue weighted by Gasteiger charge is -2.25. The van der Waals surface area contributed by atoms with E-state index in [1.54, 1.807) is 0 Å². The minimum Gasteiger partial charge on any atom is -0.341 e. The predicted molar refractivity (Wildman–Crippen MR) is 60.7 cm³/mol. The Labute approximate surface area is 92.4 Å². The van der Waals surface area contributed by atoms with E-state index in [9.17, 15) is 4.79 Å². The highest BCUT2D eigenvalue weighted by Gasteiger charge is 2.29. The first-order chi connectivity index (χ1) is 7.31. The Balaban J connectivity index is 1.93. The molecule has 2 heterocycles. The summed E-state index contributed by atoms with van der Waals surface area (Å²) in [5.41, 5.74) is 0. The topological polar surface area (TPSA) is 23.6 Å². The smallest absolute Gasteiger partial charge is 0.222 e. The molecule has 0 aromatic rings. The molecule has 3 nitrogen and oxygen atoms in total. The Morgan fingerprint density at radius 3 is 2.87 bits per heavy atom. The number of carbonyl (C=O) groups is 1. The number of rotatable bonds is 2. The summed E-state index contributed by atoms with van der Waals surface area (Å²) >= 11 is 0. The third-order valence-corrected chi connectivity index (χ3v) is 3.62. The van der Waals surface area contributed by atoms with Gasteiger partial charge >= 0.3 is 0 Å². The van der Waals surface area contributed by atoms with Gasteiger partial charge < -0.3 is 4.90 Å². The van der Waals surface area contributed by atoms with E-state index in [0.717, 1.165) is 32.4 Å². The van der Waals surface area contributed by atoms with Crippen molar-refractivity contribution in [3.05, 3.63) is 0 Å². The fourth-order valence-electron chi connectivity index (χ4n) is 2.81. The van der Waals surface area contributed by atoms with Crippen LogP contribution in [-0.2, 0) is 4.79 Å². The molecule has 2 fully saturated rings. The van der Waals surface area contributed by atoms with E-state index < -0.39 is 0 Å². The van der Waals surface area contributed by atoms with Crippen LogP contribution in [0.4, 0.5) is 0 Å². The van der Waals surface area contributed by atoms with Crippen molar-refractivity contribution in [2.24, 2.45) is 0 Å². The molecule has 0 aromatic carbocycles. The summed E-state index contributed by atoms with van der Waals surface area (Å²) < 4.78 is 0. The summed E-state index contributed by atoms with van der Waals surface area (Å²) in [4.78, 5) is 16.5. The number of hydrogen-bond acceptors (Lipinski definition) is 2. The first-order valence-corrected chi connectivity index (χ1v) is 6.33. The first-order valence-electron chi connectivity index (χ1n) is 6.33. The van der Waals surface area contributed by atoms with Crippen LogP contribution < -0.4 is 0 Å². The number of amides is 1. The average molecular weight is 210 g/mol. The Kier molecular flexibility index (Phi) is 3.62. The SMILES string of the molecule is CCCC(=O)N1CCCN2CCCC2C1. The first kappa shape index (κ1) is 10.9. The lowest BCUT2D eigenvalue weighted by molar-refractivity contribution is -0.131. The number of fused-ring (bicyclic) bond motifs is 1. The summed E-state index contributed by atoms with van der Waals surface area (Å²) in [6.07, 6.45) is 5.47. The summed E-state index contributed by atoms with van der Waals surface area (Å²) in [6.45, 7) is 6.49. The third-order valence-electron chi connectivity index (χ3n) is 3.62. The molecule has 0 aliphatic carbocycles. The van der Waals surface area contributed by atoms with Gasteiger partial charge in [-0.2, -0.15) is 0 Å². The van der Waals surface area contributed by atoms with E-state index in [1.165, 1.54) is 25.9 Å². The summed E-state index contributed by atoms with van der Waals surface area (Å²) in [7, 11) is 0. The average Bonchev–Trinajstić information content (AvgIpc) is 2.56. The minimum atomic E-state index is 0.367. The minimum absolute atomic E-state index is 0.367. The van der Waals surface area contributed by atoms with Gasteiger partial charge in [-0.1, -0.05) is 6.92 Å². The normalized spacial score (nSPS) is 27.5. The standard InChI is InChI=1S/C12H22N2O/c1-2-5-12(15)14-9-4-8-13-7-3-6-11(13)10-14/h11H,2-10H2,1H3. The number of carbonyl (C=O) groups excluding carboxylic acids is 1. The molecule has 2 rings (SSSR count). The van der Waals surface area contributed by atoms with E-state index in [2.05, 4.69) is 16.7 Å². The zero-order valence-corrected chi connectivity index (χ0v) is 9.74. The molecule has 0 saturated carbocycles. The van der Waals surface area contributed by atoms with Gasteiger partial charge in [0, 0.05) is 32.1 Å². The van der Waals surface area contributed by atoms with Crippen molar-refractivity contribution < 1.29 is 4.79 Å². The maximum atomic E-state index is 11.8. The van der Waals surface area contributed by atoms with Crippen molar-refractivity contribution in [3.63, 3.8) is 0 Å². The molecular formula is C12H22N2O. The Hall–Kier alpha value is -0.570. The fraction of sp³-hybridized carbons (Fsp3) is 0.917.